The zero-order valence-electron chi connectivity index (χ0n) is 11.8. The summed E-state index contributed by atoms with van der Waals surface area (Å²) in [6, 6.07) is 10.2. The van der Waals surface area contributed by atoms with E-state index in [0.717, 1.165) is 37.9 Å². The quantitative estimate of drug-likeness (QED) is 0.532. The Hall–Kier alpha value is -1.00. The van der Waals surface area contributed by atoms with Crippen molar-refractivity contribution in [2.24, 2.45) is 5.92 Å². The first-order valence-electron chi connectivity index (χ1n) is 7.37. The normalized spacial score (nSPS) is 14.2. The van der Waals surface area contributed by atoms with Gasteiger partial charge in [-0.25, -0.2) is 0 Å². The Morgan fingerprint density at radius 2 is 2.10 bits per heavy atom. The van der Waals surface area contributed by atoms with Crippen LogP contribution in [0.3, 0.4) is 0 Å². The third kappa shape index (κ3) is 6.96. The summed E-state index contributed by atoms with van der Waals surface area (Å²) in [5, 5.41) is 2.94. The monoisotopic (exact) mass is 293 g/mol. The minimum atomic E-state index is 0.135. The van der Waals surface area contributed by atoms with E-state index in [9.17, 15) is 4.79 Å². The zero-order chi connectivity index (χ0) is 14.0. The number of ether oxygens (including phenoxy) is 1. The third-order valence-corrected chi connectivity index (χ3v) is 4.19. The molecule has 0 aliphatic heterocycles. The fourth-order valence-electron chi connectivity index (χ4n) is 1.80. The average Bonchev–Trinajstić information content (AvgIpc) is 3.28. The molecule has 2 rings (SSSR count). The van der Waals surface area contributed by atoms with Gasteiger partial charge in [0.2, 0.25) is 5.91 Å². The zero-order valence-corrected chi connectivity index (χ0v) is 12.7. The molecule has 0 saturated heterocycles. The first kappa shape index (κ1) is 15.4. The molecule has 1 fully saturated rings. The van der Waals surface area contributed by atoms with Gasteiger partial charge in [0, 0.05) is 36.8 Å². The van der Waals surface area contributed by atoms with Gasteiger partial charge in [0.25, 0.3) is 0 Å². The van der Waals surface area contributed by atoms with E-state index in [0.29, 0.717) is 6.42 Å². The second kappa shape index (κ2) is 9.03. The van der Waals surface area contributed by atoms with Crippen LogP contribution in [-0.2, 0) is 9.53 Å². The minimum Gasteiger partial charge on any atom is -0.381 e. The van der Waals surface area contributed by atoms with Gasteiger partial charge in [-0.15, -0.1) is 11.8 Å². The molecule has 0 bridgehead atoms. The molecule has 1 aliphatic rings. The van der Waals surface area contributed by atoms with E-state index in [2.05, 4.69) is 17.4 Å². The minimum absolute atomic E-state index is 0.135. The van der Waals surface area contributed by atoms with Crippen LogP contribution < -0.4 is 5.32 Å². The van der Waals surface area contributed by atoms with Crippen LogP contribution in [0.1, 0.15) is 25.7 Å². The lowest BCUT2D eigenvalue weighted by Gasteiger charge is -2.06. The van der Waals surface area contributed by atoms with Crippen molar-refractivity contribution in [3.05, 3.63) is 30.3 Å². The molecule has 1 aromatic rings. The maximum Gasteiger partial charge on any atom is 0.220 e. The Morgan fingerprint density at radius 1 is 1.30 bits per heavy atom. The molecule has 4 heteroatoms. The maximum absolute atomic E-state index is 11.6. The van der Waals surface area contributed by atoms with Crippen molar-refractivity contribution >= 4 is 17.7 Å². The summed E-state index contributed by atoms with van der Waals surface area (Å²) < 4.78 is 5.52. The van der Waals surface area contributed by atoms with Crippen LogP contribution >= 0.6 is 11.8 Å². The summed E-state index contributed by atoms with van der Waals surface area (Å²) in [4.78, 5) is 12.8. The highest BCUT2D eigenvalue weighted by Gasteiger charge is 2.20. The van der Waals surface area contributed by atoms with Gasteiger partial charge >= 0.3 is 0 Å². The van der Waals surface area contributed by atoms with E-state index < -0.39 is 0 Å². The van der Waals surface area contributed by atoms with Crippen LogP contribution in [0.2, 0.25) is 0 Å². The molecule has 0 aromatic heterocycles. The topological polar surface area (TPSA) is 38.3 Å². The third-order valence-electron chi connectivity index (χ3n) is 3.18. The second-order valence-electron chi connectivity index (χ2n) is 5.13. The standard InChI is InChI=1S/C16H23NO2S/c18-16(9-12-20-15-5-2-1-3-6-15)17-10-4-11-19-13-14-7-8-14/h1-3,5-6,14H,4,7-13H2,(H,17,18). The number of thioether (sulfide) groups is 1. The van der Waals surface area contributed by atoms with E-state index in [1.54, 1.807) is 11.8 Å². The molecule has 1 saturated carbocycles. The van der Waals surface area contributed by atoms with E-state index in [1.807, 2.05) is 18.2 Å². The molecule has 3 nitrogen and oxygen atoms in total. The lowest BCUT2D eigenvalue weighted by Crippen LogP contribution is -2.25. The fraction of sp³-hybridized carbons (Fsp3) is 0.562. The van der Waals surface area contributed by atoms with E-state index in [4.69, 9.17) is 4.74 Å². The molecule has 1 aromatic carbocycles. The molecule has 1 aliphatic carbocycles. The number of hydrogen-bond acceptors (Lipinski definition) is 3. The lowest BCUT2D eigenvalue weighted by atomic mass is 10.4. The Kier molecular flexibility index (Phi) is 6.95. The van der Waals surface area contributed by atoms with E-state index >= 15 is 0 Å². The van der Waals surface area contributed by atoms with Crippen LogP contribution in [0.15, 0.2) is 35.2 Å². The summed E-state index contributed by atoms with van der Waals surface area (Å²) in [6.45, 7) is 2.39. The number of hydrogen-bond donors (Lipinski definition) is 1. The summed E-state index contributed by atoms with van der Waals surface area (Å²) in [7, 11) is 0. The van der Waals surface area contributed by atoms with Crippen molar-refractivity contribution in [1.82, 2.24) is 5.32 Å². The average molecular weight is 293 g/mol. The van der Waals surface area contributed by atoms with E-state index in [1.165, 1.54) is 17.7 Å². The number of amides is 1. The van der Waals surface area contributed by atoms with Crippen LogP contribution in [0.25, 0.3) is 0 Å². The molecule has 0 spiro atoms. The van der Waals surface area contributed by atoms with Crippen molar-refractivity contribution in [2.45, 2.75) is 30.6 Å². The summed E-state index contributed by atoms with van der Waals surface area (Å²) in [5.74, 6) is 1.78. The van der Waals surface area contributed by atoms with Crippen molar-refractivity contribution in [2.75, 3.05) is 25.5 Å². The Bertz CT molecular complexity index is 393. The number of benzene rings is 1. The first-order valence-corrected chi connectivity index (χ1v) is 8.35. The van der Waals surface area contributed by atoms with Crippen LogP contribution in [-0.4, -0.2) is 31.4 Å². The van der Waals surface area contributed by atoms with Crippen molar-refractivity contribution < 1.29 is 9.53 Å². The molecule has 0 heterocycles. The van der Waals surface area contributed by atoms with Crippen molar-refractivity contribution in [1.29, 1.82) is 0 Å². The first-order chi connectivity index (χ1) is 9.84. The van der Waals surface area contributed by atoms with Crippen molar-refractivity contribution in [3.63, 3.8) is 0 Å². The highest BCUT2D eigenvalue weighted by Crippen LogP contribution is 2.28. The van der Waals surface area contributed by atoms with Gasteiger partial charge in [-0.2, -0.15) is 0 Å². The van der Waals surface area contributed by atoms with Gasteiger partial charge in [0.15, 0.2) is 0 Å². The van der Waals surface area contributed by atoms with Crippen LogP contribution in [0.4, 0.5) is 0 Å². The lowest BCUT2D eigenvalue weighted by molar-refractivity contribution is -0.120. The summed E-state index contributed by atoms with van der Waals surface area (Å²) in [5.41, 5.74) is 0. The Balaban J connectivity index is 1.41. The molecular weight excluding hydrogens is 270 g/mol. The molecule has 20 heavy (non-hydrogen) atoms. The predicted octanol–water partition coefficient (Wildman–Crippen LogP) is 3.10. The maximum atomic E-state index is 11.6. The highest BCUT2D eigenvalue weighted by molar-refractivity contribution is 7.99. The molecule has 0 unspecified atom stereocenters. The summed E-state index contributed by atoms with van der Waals surface area (Å²) >= 11 is 1.72. The molecule has 1 amide bonds. The van der Waals surface area contributed by atoms with Gasteiger partial charge in [0.1, 0.15) is 0 Å². The molecule has 110 valence electrons. The number of nitrogens with one attached hydrogen (secondary N) is 1. The van der Waals surface area contributed by atoms with E-state index in [-0.39, 0.29) is 5.91 Å². The Labute approximate surface area is 125 Å². The van der Waals surface area contributed by atoms with Crippen LogP contribution in [0, 0.1) is 5.92 Å². The second-order valence-corrected chi connectivity index (χ2v) is 6.30. The van der Waals surface area contributed by atoms with Gasteiger partial charge in [0.05, 0.1) is 0 Å². The van der Waals surface area contributed by atoms with Crippen molar-refractivity contribution in [3.8, 4) is 0 Å². The molecular formula is C16H23NO2S. The molecule has 0 radical (unpaired) electrons. The molecule has 0 atom stereocenters. The number of carbonyl (C=O) groups excluding carboxylic acids is 1. The van der Waals surface area contributed by atoms with Gasteiger partial charge in [-0.1, -0.05) is 18.2 Å². The smallest absolute Gasteiger partial charge is 0.220 e. The highest BCUT2D eigenvalue weighted by atomic mass is 32.2. The largest absolute Gasteiger partial charge is 0.381 e. The van der Waals surface area contributed by atoms with Gasteiger partial charge < -0.3 is 10.1 Å². The SMILES string of the molecule is O=C(CCSc1ccccc1)NCCCOCC1CC1. The fourth-order valence-corrected chi connectivity index (χ4v) is 2.68. The Morgan fingerprint density at radius 3 is 2.85 bits per heavy atom. The van der Waals surface area contributed by atoms with Gasteiger partial charge in [-0.3, -0.25) is 4.79 Å². The van der Waals surface area contributed by atoms with Crippen LogP contribution in [0.5, 0.6) is 0 Å². The number of rotatable bonds is 10. The molecule has 1 N–H and O–H groups in total. The number of carbonyl (C=O) groups is 1. The predicted molar refractivity (Wildman–Crippen MR) is 83.0 cm³/mol. The van der Waals surface area contributed by atoms with Gasteiger partial charge in [-0.05, 0) is 37.3 Å². The summed E-state index contributed by atoms with van der Waals surface area (Å²) in [6.07, 6.45) is 4.14.